The molecule has 1 heterocycles. The maximum Gasteiger partial charge on any atom is 0.319 e. The number of ether oxygens (including phenoxy) is 1. The van der Waals surface area contributed by atoms with Crippen LogP contribution < -0.4 is 14.9 Å². The van der Waals surface area contributed by atoms with Crippen molar-refractivity contribution in [2.75, 3.05) is 29.1 Å². The zero-order valence-corrected chi connectivity index (χ0v) is 14.5. The van der Waals surface area contributed by atoms with Gasteiger partial charge in [0.25, 0.3) is 0 Å². The highest BCUT2D eigenvalue weighted by Crippen LogP contribution is 2.27. The van der Waals surface area contributed by atoms with Gasteiger partial charge in [-0.05, 0) is 49.9 Å². The average molecular weight is 353 g/mol. The number of benzene rings is 1. The minimum Gasteiger partial charge on any atom is -0.381 e. The second kappa shape index (κ2) is 6.98. The number of rotatable bonds is 5. The van der Waals surface area contributed by atoms with Gasteiger partial charge in [0.05, 0.1) is 11.9 Å². The second-order valence-electron chi connectivity index (χ2n) is 6.32. The van der Waals surface area contributed by atoms with Gasteiger partial charge in [0, 0.05) is 31.0 Å². The minimum absolute atomic E-state index is 0.0919. The van der Waals surface area contributed by atoms with Crippen molar-refractivity contribution in [3.63, 3.8) is 0 Å². The summed E-state index contributed by atoms with van der Waals surface area (Å²) < 4.78 is 31.2. The van der Waals surface area contributed by atoms with Crippen molar-refractivity contribution in [2.45, 2.75) is 37.8 Å². The molecule has 1 aromatic rings. The molecule has 0 atom stereocenters. The monoisotopic (exact) mass is 353 g/mol. The van der Waals surface area contributed by atoms with E-state index in [1.54, 1.807) is 24.3 Å². The molecule has 1 aliphatic heterocycles. The van der Waals surface area contributed by atoms with Crippen molar-refractivity contribution in [3.8, 4) is 0 Å². The number of nitrogens with one attached hydrogen (secondary N) is 2. The third-order valence-corrected chi connectivity index (χ3v) is 5.40. The van der Waals surface area contributed by atoms with Crippen LogP contribution in [0.1, 0.15) is 25.7 Å². The number of hydrogen-bond donors (Lipinski definition) is 2. The van der Waals surface area contributed by atoms with E-state index in [-0.39, 0.29) is 12.1 Å². The topological polar surface area (TPSA) is 87.7 Å². The smallest absolute Gasteiger partial charge is 0.319 e. The van der Waals surface area contributed by atoms with Crippen molar-refractivity contribution >= 4 is 27.4 Å². The Morgan fingerprint density at radius 1 is 1.12 bits per heavy atom. The molecule has 8 heteroatoms. The molecule has 1 saturated heterocycles. The number of anilines is 2. The molecule has 1 aliphatic carbocycles. The first kappa shape index (κ1) is 17.0. The number of urea groups is 1. The van der Waals surface area contributed by atoms with E-state index >= 15 is 0 Å². The van der Waals surface area contributed by atoms with Crippen LogP contribution in [0.2, 0.25) is 0 Å². The zero-order valence-electron chi connectivity index (χ0n) is 13.7. The Bertz CT molecular complexity index is 680. The van der Waals surface area contributed by atoms with Gasteiger partial charge in [-0.3, -0.25) is 4.31 Å². The van der Waals surface area contributed by atoms with Gasteiger partial charge in [0.1, 0.15) is 0 Å². The van der Waals surface area contributed by atoms with E-state index in [4.69, 9.17) is 4.74 Å². The number of carbonyl (C=O) groups excluding carboxylic acids is 1. The summed E-state index contributed by atoms with van der Waals surface area (Å²) in [4.78, 5) is 11.7. The normalized spacial score (nSPS) is 18.9. The minimum atomic E-state index is -3.38. The molecular formula is C16H23N3O4S. The van der Waals surface area contributed by atoms with Crippen LogP contribution in [0, 0.1) is 0 Å². The Hall–Kier alpha value is -1.80. The Labute approximate surface area is 142 Å². The first-order valence-electron chi connectivity index (χ1n) is 8.18. The molecule has 0 radical (unpaired) electrons. The van der Waals surface area contributed by atoms with E-state index in [1.807, 2.05) is 0 Å². The van der Waals surface area contributed by atoms with Crippen LogP contribution in [-0.2, 0) is 14.8 Å². The van der Waals surface area contributed by atoms with Crippen LogP contribution >= 0.6 is 0 Å². The van der Waals surface area contributed by atoms with Crippen molar-refractivity contribution in [1.82, 2.24) is 5.32 Å². The van der Waals surface area contributed by atoms with Gasteiger partial charge >= 0.3 is 6.03 Å². The van der Waals surface area contributed by atoms with Crippen LogP contribution in [0.3, 0.4) is 0 Å². The summed E-state index contributed by atoms with van der Waals surface area (Å²) in [7, 11) is -3.38. The summed E-state index contributed by atoms with van der Waals surface area (Å²) in [6.07, 6.45) is 4.63. The highest BCUT2D eigenvalue weighted by atomic mass is 32.2. The van der Waals surface area contributed by atoms with Crippen LogP contribution in [0.4, 0.5) is 16.2 Å². The van der Waals surface area contributed by atoms with Gasteiger partial charge in [-0.15, -0.1) is 0 Å². The molecular weight excluding hydrogens is 330 g/mol. The number of carbonyl (C=O) groups is 1. The summed E-state index contributed by atoms with van der Waals surface area (Å²) >= 11 is 0. The van der Waals surface area contributed by atoms with Crippen molar-refractivity contribution in [2.24, 2.45) is 0 Å². The molecule has 24 heavy (non-hydrogen) atoms. The zero-order chi connectivity index (χ0) is 17.2. The largest absolute Gasteiger partial charge is 0.381 e. The maximum absolute atomic E-state index is 12.2. The predicted molar refractivity (Wildman–Crippen MR) is 92.8 cm³/mol. The van der Waals surface area contributed by atoms with Gasteiger partial charge in [0.15, 0.2) is 0 Å². The van der Waals surface area contributed by atoms with Gasteiger partial charge < -0.3 is 15.4 Å². The molecule has 2 amide bonds. The number of sulfonamides is 1. The van der Waals surface area contributed by atoms with Crippen LogP contribution in [0.25, 0.3) is 0 Å². The lowest BCUT2D eigenvalue weighted by atomic mass is 10.1. The lowest BCUT2D eigenvalue weighted by molar-refractivity contribution is 0.0876. The number of nitrogens with zero attached hydrogens (tertiary/aromatic N) is 1. The fraction of sp³-hybridized carbons (Fsp3) is 0.562. The third-order valence-electron chi connectivity index (χ3n) is 4.17. The van der Waals surface area contributed by atoms with E-state index in [0.717, 1.165) is 12.8 Å². The average Bonchev–Trinajstić information content (AvgIpc) is 3.33. The molecule has 0 spiro atoms. The summed E-state index contributed by atoms with van der Waals surface area (Å²) in [5.41, 5.74) is 1.25. The fourth-order valence-corrected chi connectivity index (χ4v) is 4.12. The Morgan fingerprint density at radius 3 is 2.29 bits per heavy atom. The molecule has 0 bridgehead atoms. The van der Waals surface area contributed by atoms with Gasteiger partial charge in [-0.1, -0.05) is 0 Å². The molecule has 0 aromatic heterocycles. The molecule has 3 rings (SSSR count). The predicted octanol–water partition coefficient (Wildman–Crippen LogP) is 1.92. The number of hydrogen-bond acceptors (Lipinski definition) is 4. The highest BCUT2D eigenvalue weighted by Gasteiger charge is 2.28. The molecule has 7 nitrogen and oxygen atoms in total. The van der Waals surface area contributed by atoms with Crippen molar-refractivity contribution in [1.29, 1.82) is 0 Å². The van der Waals surface area contributed by atoms with Gasteiger partial charge in [-0.2, -0.15) is 0 Å². The first-order chi connectivity index (χ1) is 11.4. The molecule has 1 aromatic carbocycles. The summed E-state index contributed by atoms with van der Waals surface area (Å²) in [6, 6.07) is 6.87. The van der Waals surface area contributed by atoms with Crippen LogP contribution in [0.15, 0.2) is 24.3 Å². The number of amides is 2. The quantitative estimate of drug-likeness (QED) is 0.846. The Balaban J connectivity index is 1.72. The maximum atomic E-state index is 12.2. The first-order valence-corrected chi connectivity index (χ1v) is 10.0. The second-order valence-corrected chi connectivity index (χ2v) is 8.18. The van der Waals surface area contributed by atoms with E-state index < -0.39 is 10.0 Å². The van der Waals surface area contributed by atoms with Crippen LogP contribution in [-0.4, -0.2) is 46.0 Å². The summed E-state index contributed by atoms with van der Waals surface area (Å²) in [6.45, 7) is 1.13. The van der Waals surface area contributed by atoms with E-state index in [2.05, 4.69) is 10.6 Å². The van der Waals surface area contributed by atoms with E-state index in [0.29, 0.717) is 43.5 Å². The summed E-state index contributed by atoms with van der Waals surface area (Å²) in [5.74, 6) is 0. The molecule has 2 fully saturated rings. The standard InChI is InChI=1S/C16H23N3O4S/c1-24(21,22)19(15-8-10-23-11-9-15)14-6-4-13(5-7-14)18-16(20)17-12-2-3-12/h4-7,12,15H,2-3,8-11H2,1H3,(H2,17,18,20). The SMILES string of the molecule is CS(=O)(=O)N(c1ccc(NC(=O)NC2CC2)cc1)C1CCOCC1. The molecule has 2 N–H and O–H groups in total. The highest BCUT2D eigenvalue weighted by molar-refractivity contribution is 7.92. The van der Waals surface area contributed by atoms with Crippen molar-refractivity contribution < 1.29 is 17.9 Å². The van der Waals surface area contributed by atoms with Crippen molar-refractivity contribution in [3.05, 3.63) is 24.3 Å². The Kier molecular flexibility index (Phi) is 4.96. The van der Waals surface area contributed by atoms with Crippen LogP contribution in [0.5, 0.6) is 0 Å². The third kappa shape index (κ3) is 4.39. The van der Waals surface area contributed by atoms with Gasteiger partial charge in [-0.25, -0.2) is 13.2 Å². The Morgan fingerprint density at radius 2 is 1.75 bits per heavy atom. The molecule has 0 unspecified atom stereocenters. The fourth-order valence-electron chi connectivity index (χ4n) is 2.86. The molecule has 132 valence electrons. The molecule has 2 aliphatic rings. The van der Waals surface area contributed by atoms with Gasteiger partial charge in [0.2, 0.25) is 10.0 Å². The molecule has 1 saturated carbocycles. The lowest BCUT2D eigenvalue weighted by Gasteiger charge is -2.34. The lowest BCUT2D eigenvalue weighted by Crippen LogP contribution is -2.43. The summed E-state index contributed by atoms with van der Waals surface area (Å²) in [5, 5.41) is 5.61. The van der Waals surface area contributed by atoms with E-state index in [1.165, 1.54) is 10.6 Å². The van der Waals surface area contributed by atoms with E-state index in [9.17, 15) is 13.2 Å².